The van der Waals surface area contributed by atoms with Crippen LogP contribution in [0.25, 0.3) is 11.4 Å². The van der Waals surface area contributed by atoms with Crippen LogP contribution < -0.4 is 0 Å². The number of thioether (sulfide) groups is 1. The number of aromatic nitrogens is 2. The van der Waals surface area contributed by atoms with Gasteiger partial charge in [-0.05, 0) is 38.9 Å². The van der Waals surface area contributed by atoms with E-state index in [-0.39, 0.29) is 11.3 Å². The van der Waals surface area contributed by atoms with Gasteiger partial charge in [-0.15, -0.1) is 11.8 Å². The number of nitrogens with one attached hydrogen (secondary N) is 1. The van der Waals surface area contributed by atoms with Gasteiger partial charge in [-0.3, -0.25) is 4.79 Å². The van der Waals surface area contributed by atoms with Crippen LogP contribution in [0, 0.1) is 0 Å². The summed E-state index contributed by atoms with van der Waals surface area (Å²) in [4.78, 5) is 25.1. The first kappa shape index (κ1) is 17.6. The van der Waals surface area contributed by atoms with Crippen molar-refractivity contribution in [1.82, 2.24) is 19.8 Å². The topological polar surface area (TPSA) is 52.2 Å². The summed E-state index contributed by atoms with van der Waals surface area (Å²) in [6.07, 6.45) is 6.22. The van der Waals surface area contributed by atoms with Crippen molar-refractivity contribution in [2.45, 2.75) is 31.1 Å². The summed E-state index contributed by atoms with van der Waals surface area (Å²) < 4.78 is 0. The molecule has 2 fully saturated rings. The number of imidazole rings is 1. The quantitative estimate of drug-likeness (QED) is 0.845. The standard InChI is InChI=1S/C20H26N4OS/c25-18-9-14-26-20(24(18)13-6-12-23-10-4-5-11-23)17-15-21-19(22-17)16-7-2-1-3-8-16/h1-3,7-8,15,20H,4-6,9-14H2,(H,21,22). The summed E-state index contributed by atoms with van der Waals surface area (Å²) in [5.74, 6) is 2.02. The van der Waals surface area contributed by atoms with Gasteiger partial charge in [-0.2, -0.15) is 0 Å². The van der Waals surface area contributed by atoms with E-state index in [4.69, 9.17) is 0 Å². The first-order valence-electron chi connectivity index (χ1n) is 9.55. The number of carbonyl (C=O) groups excluding carboxylic acids is 1. The average molecular weight is 371 g/mol. The average Bonchev–Trinajstić information content (AvgIpc) is 3.36. The first-order chi connectivity index (χ1) is 12.8. The van der Waals surface area contributed by atoms with Gasteiger partial charge in [-0.25, -0.2) is 4.98 Å². The highest BCUT2D eigenvalue weighted by atomic mass is 32.2. The molecule has 0 radical (unpaired) electrons. The number of nitrogens with zero attached hydrogens (tertiary/aromatic N) is 3. The Labute approximate surface area is 159 Å². The van der Waals surface area contributed by atoms with Gasteiger partial charge in [0.25, 0.3) is 0 Å². The summed E-state index contributed by atoms with van der Waals surface area (Å²) in [6, 6.07) is 10.1. The molecule has 2 aliphatic rings. The zero-order valence-corrected chi connectivity index (χ0v) is 15.9. The maximum absolute atomic E-state index is 12.5. The number of H-pyrrole nitrogens is 1. The third kappa shape index (κ3) is 3.96. The fourth-order valence-corrected chi connectivity index (χ4v) is 5.01. The van der Waals surface area contributed by atoms with Crippen LogP contribution in [0.5, 0.6) is 0 Å². The van der Waals surface area contributed by atoms with Crippen molar-refractivity contribution in [1.29, 1.82) is 0 Å². The third-order valence-corrected chi connectivity index (χ3v) is 6.44. The smallest absolute Gasteiger partial charge is 0.224 e. The Balaban J connectivity index is 1.44. The number of likely N-dealkylation sites (tertiary alicyclic amines) is 1. The highest BCUT2D eigenvalue weighted by Crippen LogP contribution is 2.37. The predicted molar refractivity (Wildman–Crippen MR) is 106 cm³/mol. The molecule has 138 valence electrons. The van der Waals surface area contributed by atoms with Gasteiger partial charge >= 0.3 is 0 Å². The van der Waals surface area contributed by atoms with Crippen LogP contribution in [0.3, 0.4) is 0 Å². The summed E-state index contributed by atoms with van der Waals surface area (Å²) in [5.41, 5.74) is 2.11. The van der Waals surface area contributed by atoms with Gasteiger partial charge in [-0.1, -0.05) is 30.3 Å². The van der Waals surface area contributed by atoms with E-state index >= 15 is 0 Å². The highest BCUT2D eigenvalue weighted by molar-refractivity contribution is 7.99. The van der Waals surface area contributed by atoms with Crippen LogP contribution in [0.4, 0.5) is 0 Å². The molecule has 1 N–H and O–H groups in total. The van der Waals surface area contributed by atoms with E-state index in [2.05, 4.69) is 27.0 Å². The molecule has 26 heavy (non-hydrogen) atoms. The Morgan fingerprint density at radius 2 is 1.96 bits per heavy atom. The molecular weight excluding hydrogens is 344 g/mol. The van der Waals surface area contributed by atoms with Crippen molar-refractivity contribution in [3.8, 4) is 11.4 Å². The molecule has 0 saturated carbocycles. The van der Waals surface area contributed by atoms with Gasteiger partial charge in [0.15, 0.2) is 0 Å². The molecule has 0 bridgehead atoms. The molecule has 1 aromatic heterocycles. The minimum absolute atomic E-state index is 0.0554. The fraction of sp³-hybridized carbons (Fsp3) is 0.500. The molecule has 1 aromatic carbocycles. The van der Waals surface area contributed by atoms with Crippen LogP contribution in [-0.2, 0) is 4.79 Å². The normalized spacial score (nSPS) is 21.5. The molecule has 2 aliphatic heterocycles. The van der Waals surface area contributed by atoms with E-state index in [1.54, 1.807) is 0 Å². The minimum atomic E-state index is 0.0554. The maximum atomic E-state index is 12.5. The monoisotopic (exact) mass is 370 g/mol. The number of carbonyl (C=O) groups is 1. The summed E-state index contributed by atoms with van der Waals surface area (Å²) in [5, 5.41) is 0.0554. The fourth-order valence-electron chi connectivity index (χ4n) is 3.80. The Hall–Kier alpha value is -1.79. The number of rotatable bonds is 6. The molecule has 0 spiro atoms. The van der Waals surface area contributed by atoms with Crippen molar-refractivity contribution < 1.29 is 4.79 Å². The first-order valence-corrected chi connectivity index (χ1v) is 10.6. The molecule has 3 heterocycles. The van der Waals surface area contributed by atoms with Gasteiger partial charge in [0.2, 0.25) is 5.91 Å². The minimum Gasteiger partial charge on any atom is -0.339 e. The maximum Gasteiger partial charge on any atom is 0.224 e. The Kier molecular flexibility index (Phi) is 5.60. The van der Waals surface area contributed by atoms with Crippen molar-refractivity contribution in [3.05, 3.63) is 42.2 Å². The van der Waals surface area contributed by atoms with Crippen molar-refractivity contribution in [2.75, 3.05) is 31.9 Å². The van der Waals surface area contributed by atoms with Crippen LogP contribution in [-0.4, -0.2) is 57.6 Å². The van der Waals surface area contributed by atoms with E-state index in [1.807, 2.05) is 41.1 Å². The predicted octanol–water partition coefficient (Wildman–Crippen LogP) is 3.53. The van der Waals surface area contributed by atoms with Gasteiger partial charge in [0.05, 0.1) is 11.9 Å². The van der Waals surface area contributed by atoms with Crippen LogP contribution >= 0.6 is 11.8 Å². The van der Waals surface area contributed by atoms with Crippen LogP contribution in [0.15, 0.2) is 36.5 Å². The molecule has 2 saturated heterocycles. The lowest BCUT2D eigenvalue weighted by Gasteiger charge is -2.34. The second kappa shape index (κ2) is 8.27. The summed E-state index contributed by atoms with van der Waals surface area (Å²) in [6.45, 7) is 4.35. The van der Waals surface area contributed by atoms with Crippen LogP contribution in [0.2, 0.25) is 0 Å². The molecule has 1 unspecified atom stereocenters. The number of hydrogen-bond donors (Lipinski definition) is 1. The molecule has 0 aliphatic carbocycles. The summed E-state index contributed by atoms with van der Waals surface area (Å²) in [7, 11) is 0. The van der Waals surface area contributed by atoms with Crippen molar-refractivity contribution >= 4 is 17.7 Å². The van der Waals surface area contributed by atoms with Gasteiger partial charge in [0, 0.05) is 24.3 Å². The number of aromatic amines is 1. The lowest BCUT2D eigenvalue weighted by Crippen LogP contribution is -2.39. The van der Waals surface area contributed by atoms with Gasteiger partial charge in [0.1, 0.15) is 11.2 Å². The molecule has 1 atom stereocenters. The molecule has 1 amide bonds. The second-order valence-electron chi connectivity index (χ2n) is 7.02. The molecular formula is C20H26N4OS. The van der Waals surface area contributed by atoms with Crippen molar-refractivity contribution in [3.63, 3.8) is 0 Å². The van der Waals surface area contributed by atoms with Crippen molar-refractivity contribution in [2.24, 2.45) is 0 Å². The molecule has 4 rings (SSSR count). The highest BCUT2D eigenvalue weighted by Gasteiger charge is 2.31. The molecule has 6 heteroatoms. The zero-order valence-electron chi connectivity index (χ0n) is 15.1. The Bertz CT molecular complexity index is 726. The number of amides is 1. The third-order valence-electron chi connectivity index (χ3n) is 5.18. The second-order valence-corrected chi connectivity index (χ2v) is 8.20. The SMILES string of the molecule is O=C1CCSC(c2cnc(-c3ccccc3)[nH]2)N1CCCN1CCCC1. The number of benzene rings is 1. The van der Waals surface area contributed by atoms with E-state index < -0.39 is 0 Å². The summed E-state index contributed by atoms with van der Waals surface area (Å²) >= 11 is 1.84. The number of hydrogen-bond acceptors (Lipinski definition) is 4. The van der Waals surface area contributed by atoms with E-state index in [0.717, 1.165) is 42.3 Å². The molecule has 5 nitrogen and oxygen atoms in total. The Morgan fingerprint density at radius 3 is 2.77 bits per heavy atom. The lowest BCUT2D eigenvalue weighted by atomic mass is 10.2. The zero-order chi connectivity index (χ0) is 17.8. The van der Waals surface area contributed by atoms with E-state index in [0.29, 0.717) is 6.42 Å². The van der Waals surface area contributed by atoms with Gasteiger partial charge < -0.3 is 14.8 Å². The van der Waals surface area contributed by atoms with Crippen LogP contribution in [0.1, 0.15) is 36.8 Å². The Morgan fingerprint density at radius 1 is 1.15 bits per heavy atom. The van der Waals surface area contributed by atoms with E-state index in [1.165, 1.54) is 25.9 Å². The van der Waals surface area contributed by atoms with E-state index in [9.17, 15) is 4.79 Å². The molecule has 2 aromatic rings. The lowest BCUT2D eigenvalue weighted by molar-refractivity contribution is -0.132. The largest absolute Gasteiger partial charge is 0.339 e.